The molecule has 6 nitrogen and oxygen atoms in total. The molecule has 3 aromatic rings. The van der Waals surface area contributed by atoms with Crippen molar-refractivity contribution in [3.8, 4) is 5.75 Å². The lowest BCUT2D eigenvalue weighted by Crippen LogP contribution is -2.25. The van der Waals surface area contributed by atoms with Crippen LogP contribution >= 0.6 is 0 Å². The van der Waals surface area contributed by atoms with Crippen molar-refractivity contribution in [2.75, 3.05) is 18.1 Å². The van der Waals surface area contributed by atoms with Crippen LogP contribution in [0.2, 0.25) is 0 Å². The Kier molecular flexibility index (Phi) is 5.09. The molecule has 2 heterocycles. The van der Waals surface area contributed by atoms with Crippen molar-refractivity contribution in [1.29, 1.82) is 0 Å². The summed E-state index contributed by atoms with van der Waals surface area (Å²) >= 11 is 0. The third-order valence-corrected chi connectivity index (χ3v) is 5.55. The smallest absolute Gasteiger partial charge is 0.227 e. The number of anilines is 1. The number of hydrogen-bond acceptors (Lipinski definition) is 4. The Hall–Kier alpha value is -3.15. The van der Waals surface area contributed by atoms with Crippen LogP contribution in [-0.2, 0) is 9.59 Å². The van der Waals surface area contributed by atoms with Crippen LogP contribution in [0.4, 0.5) is 5.69 Å². The maximum absolute atomic E-state index is 12.8. The van der Waals surface area contributed by atoms with Gasteiger partial charge in [-0.3, -0.25) is 9.59 Å². The van der Waals surface area contributed by atoms with Gasteiger partial charge in [-0.1, -0.05) is 12.1 Å². The molecule has 6 heteroatoms. The number of para-hydroxylation sites is 2. The standard InChI is InChI=1S/C23H25N3O3/c1-4-29-19-11-9-18(10-12-19)25-14-17(13-22(25)28)23-24-20-7-5-6-8-21(20)26(23)15(2)16(3)27/h5-12,15,17H,4,13-14H2,1-3H3. The molecule has 2 atom stereocenters. The van der Waals surface area contributed by atoms with Crippen molar-refractivity contribution in [2.45, 2.75) is 39.2 Å². The molecule has 2 unspecified atom stereocenters. The first-order valence-electron chi connectivity index (χ1n) is 10.00. The molecule has 4 rings (SSSR count). The van der Waals surface area contributed by atoms with Crippen molar-refractivity contribution in [3.05, 3.63) is 54.4 Å². The fourth-order valence-corrected chi connectivity index (χ4v) is 3.96. The van der Waals surface area contributed by atoms with Gasteiger partial charge in [0.25, 0.3) is 0 Å². The van der Waals surface area contributed by atoms with E-state index in [1.54, 1.807) is 11.8 Å². The van der Waals surface area contributed by atoms with E-state index in [4.69, 9.17) is 9.72 Å². The Bertz CT molecular complexity index is 1050. The summed E-state index contributed by atoms with van der Waals surface area (Å²) in [7, 11) is 0. The second-order valence-corrected chi connectivity index (χ2v) is 7.45. The number of benzene rings is 2. The minimum Gasteiger partial charge on any atom is -0.494 e. The van der Waals surface area contributed by atoms with E-state index >= 15 is 0 Å². The average Bonchev–Trinajstić information content (AvgIpc) is 3.29. The molecule has 0 bridgehead atoms. The molecule has 0 aliphatic carbocycles. The number of hydrogen-bond donors (Lipinski definition) is 0. The number of nitrogens with zero attached hydrogens (tertiary/aromatic N) is 3. The van der Waals surface area contributed by atoms with Gasteiger partial charge >= 0.3 is 0 Å². The normalized spacial score (nSPS) is 17.7. The zero-order chi connectivity index (χ0) is 20.5. The second-order valence-electron chi connectivity index (χ2n) is 7.45. The molecule has 1 aliphatic heterocycles. The predicted molar refractivity (Wildman–Crippen MR) is 112 cm³/mol. The highest BCUT2D eigenvalue weighted by Gasteiger charge is 2.35. The molecule has 1 amide bonds. The topological polar surface area (TPSA) is 64.4 Å². The predicted octanol–water partition coefficient (Wildman–Crippen LogP) is 4.11. The van der Waals surface area contributed by atoms with Gasteiger partial charge in [0, 0.05) is 24.6 Å². The van der Waals surface area contributed by atoms with Gasteiger partial charge in [-0.2, -0.15) is 0 Å². The summed E-state index contributed by atoms with van der Waals surface area (Å²) in [4.78, 5) is 31.5. The monoisotopic (exact) mass is 391 g/mol. The molecule has 0 N–H and O–H groups in total. The fraction of sp³-hybridized carbons (Fsp3) is 0.348. The van der Waals surface area contributed by atoms with Crippen molar-refractivity contribution < 1.29 is 14.3 Å². The van der Waals surface area contributed by atoms with E-state index in [1.807, 2.05) is 66.9 Å². The summed E-state index contributed by atoms with van der Waals surface area (Å²) < 4.78 is 7.49. The maximum Gasteiger partial charge on any atom is 0.227 e. The minimum absolute atomic E-state index is 0.0632. The Morgan fingerprint density at radius 1 is 1.21 bits per heavy atom. The number of carbonyl (C=O) groups excluding carboxylic acids is 2. The number of aromatic nitrogens is 2. The van der Waals surface area contributed by atoms with Crippen LogP contribution in [0.15, 0.2) is 48.5 Å². The molecule has 0 saturated carbocycles. The van der Waals surface area contributed by atoms with E-state index in [9.17, 15) is 9.59 Å². The largest absolute Gasteiger partial charge is 0.494 e. The molecule has 1 aliphatic rings. The number of rotatable bonds is 6. The number of ether oxygens (including phenoxy) is 1. The van der Waals surface area contributed by atoms with Gasteiger partial charge in [-0.05, 0) is 57.2 Å². The first-order chi connectivity index (χ1) is 14.0. The van der Waals surface area contributed by atoms with Gasteiger partial charge < -0.3 is 14.2 Å². The lowest BCUT2D eigenvalue weighted by molar-refractivity contribution is -0.119. The molecule has 0 spiro atoms. The Morgan fingerprint density at radius 2 is 1.93 bits per heavy atom. The van der Waals surface area contributed by atoms with E-state index < -0.39 is 0 Å². The third-order valence-electron chi connectivity index (χ3n) is 5.55. The van der Waals surface area contributed by atoms with Crippen molar-refractivity contribution in [2.24, 2.45) is 0 Å². The zero-order valence-corrected chi connectivity index (χ0v) is 17.0. The third kappa shape index (κ3) is 3.50. The summed E-state index contributed by atoms with van der Waals surface area (Å²) in [6, 6.07) is 15.1. The van der Waals surface area contributed by atoms with Gasteiger partial charge in [0.1, 0.15) is 11.6 Å². The van der Waals surface area contributed by atoms with Crippen molar-refractivity contribution in [1.82, 2.24) is 9.55 Å². The number of fused-ring (bicyclic) bond motifs is 1. The number of ketones is 1. The highest BCUT2D eigenvalue weighted by Crippen LogP contribution is 2.35. The minimum atomic E-state index is -0.327. The van der Waals surface area contributed by atoms with Crippen LogP contribution < -0.4 is 9.64 Å². The summed E-state index contributed by atoms with van der Waals surface area (Å²) in [6.07, 6.45) is 0.376. The van der Waals surface area contributed by atoms with Crippen LogP contribution in [0, 0.1) is 0 Å². The number of imidazole rings is 1. The molecular weight excluding hydrogens is 366 g/mol. The van der Waals surface area contributed by atoms with Crippen LogP contribution in [0.3, 0.4) is 0 Å². The summed E-state index contributed by atoms with van der Waals surface area (Å²) in [5.41, 5.74) is 2.63. The second kappa shape index (κ2) is 7.70. The molecule has 29 heavy (non-hydrogen) atoms. The van der Waals surface area contributed by atoms with Gasteiger partial charge in [-0.25, -0.2) is 4.98 Å². The van der Waals surface area contributed by atoms with E-state index in [0.717, 1.165) is 28.3 Å². The van der Waals surface area contributed by atoms with Gasteiger partial charge in [0.2, 0.25) is 5.91 Å². The first kappa shape index (κ1) is 19.2. The molecule has 1 saturated heterocycles. The Balaban J connectivity index is 1.67. The lowest BCUT2D eigenvalue weighted by Gasteiger charge is -2.19. The van der Waals surface area contributed by atoms with Crippen molar-refractivity contribution >= 4 is 28.4 Å². The average molecular weight is 391 g/mol. The van der Waals surface area contributed by atoms with Crippen LogP contribution in [0.1, 0.15) is 45.0 Å². The number of Topliss-reactive ketones (excluding diaryl/α,β-unsaturated/α-hetero) is 1. The maximum atomic E-state index is 12.8. The van der Waals surface area contributed by atoms with Crippen LogP contribution in [-0.4, -0.2) is 34.4 Å². The van der Waals surface area contributed by atoms with E-state index in [-0.39, 0.29) is 23.7 Å². The SMILES string of the molecule is CCOc1ccc(N2CC(c3nc4ccccc4n3C(C)C(C)=O)CC2=O)cc1. The molecule has 1 fully saturated rings. The van der Waals surface area contributed by atoms with Gasteiger partial charge in [0.15, 0.2) is 5.78 Å². The number of carbonyl (C=O) groups is 2. The van der Waals surface area contributed by atoms with E-state index in [0.29, 0.717) is 19.6 Å². The number of amides is 1. The van der Waals surface area contributed by atoms with E-state index in [1.165, 1.54) is 0 Å². The summed E-state index contributed by atoms with van der Waals surface area (Å²) in [6.45, 7) is 6.57. The molecule has 150 valence electrons. The summed E-state index contributed by atoms with van der Waals surface area (Å²) in [5.74, 6) is 1.66. The van der Waals surface area contributed by atoms with Crippen molar-refractivity contribution in [3.63, 3.8) is 0 Å². The molecule has 1 aromatic heterocycles. The molecule has 0 radical (unpaired) electrons. The van der Waals surface area contributed by atoms with Gasteiger partial charge in [-0.15, -0.1) is 0 Å². The summed E-state index contributed by atoms with van der Waals surface area (Å²) in [5, 5.41) is 0. The fourth-order valence-electron chi connectivity index (χ4n) is 3.96. The van der Waals surface area contributed by atoms with Crippen LogP contribution in [0.25, 0.3) is 11.0 Å². The quantitative estimate of drug-likeness (QED) is 0.634. The molecular formula is C23H25N3O3. The molecule has 2 aromatic carbocycles. The van der Waals surface area contributed by atoms with Gasteiger partial charge in [0.05, 0.1) is 23.7 Å². The van der Waals surface area contributed by atoms with Crippen LogP contribution in [0.5, 0.6) is 5.75 Å². The lowest BCUT2D eigenvalue weighted by atomic mass is 10.1. The highest BCUT2D eigenvalue weighted by molar-refractivity contribution is 5.96. The Morgan fingerprint density at radius 3 is 2.62 bits per heavy atom. The highest BCUT2D eigenvalue weighted by atomic mass is 16.5. The Labute approximate surface area is 170 Å². The van der Waals surface area contributed by atoms with E-state index in [2.05, 4.69) is 0 Å². The first-order valence-corrected chi connectivity index (χ1v) is 10.00. The zero-order valence-electron chi connectivity index (χ0n) is 17.0.